The third-order valence-electron chi connectivity index (χ3n) is 5.47. The van der Waals surface area contributed by atoms with Crippen LogP contribution in [-0.2, 0) is 11.3 Å². The molecule has 1 unspecified atom stereocenters. The van der Waals surface area contributed by atoms with Crippen LogP contribution in [-0.4, -0.2) is 71.4 Å². The molecule has 4 rings (SSSR count). The Morgan fingerprint density at radius 3 is 2.59 bits per heavy atom. The van der Waals surface area contributed by atoms with Crippen LogP contribution in [0, 0.1) is 0 Å². The molecule has 0 aliphatic carbocycles. The maximum absolute atomic E-state index is 12.9. The maximum atomic E-state index is 12.9. The number of thiophene rings is 1. The topological polar surface area (TPSA) is 26.8 Å². The maximum Gasteiger partial charge on any atom is 0.236 e. The normalized spacial score (nSPS) is 22.1. The van der Waals surface area contributed by atoms with Crippen LogP contribution in [0.25, 0.3) is 0 Å². The van der Waals surface area contributed by atoms with Crippen molar-refractivity contribution in [3.63, 3.8) is 0 Å². The van der Waals surface area contributed by atoms with Crippen molar-refractivity contribution in [2.45, 2.75) is 12.6 Å². The van der Waals surface area contributed by atoms with Gasteiger partial charge in [-0.05, 0) is 28.0 Å². The summed E-state index contributed by atoms with van der Waals surface area (Å²) < 4.78 is 0. The minimum atomic E-state index is 0.290. The predicted octanol–water partition coefficient (Wildman–Crippen LogP) is 3.18. The van der Waals surface area contributed by atoms with Crippen LogP contribution in [0.2, 0.25) is 0 Å². The van der Waals surface area contributed by atoms with Gasteiger partial charge in [0, 0.05) is 56.8 Å². The van der Waals surface area contributed by atoms with Crippen molar-refractivity contribution in [1.29, 1.82) is 0 Å². The molecular weight excluding hydrogens is 374 g/mol. The van der Waals surface area contributed by atoms with Gasteiger partial charge in [0.1, 0.15) is 0 Å². The molecule has 0 radical (unpaired) electrons. The molecule has 1 atom stereocenters. The fourth-order valence-electron chi connectivity index (χ4n) is 3.88. The first-order valence-corrected chi connectivity index (χ1v) is 11.8. The summed E-state index contributed by atoms with van der Waals surface area (Å²) in [6.07, 6.45) is 0. The second-order valence-electron chi connectivity index (χ2n) is 7.26. The highest BCUT2D eigenvalue weighted by Crippen LogP contribution is 2.29. The lowest BCUT2D eigenvalue weighted by molar-refractivity contribution is -0.134. The van der Waals surface area contributed by atoms with Gasteiger partial charge >= 0.3 is 0 Å². The zero-order chi connectivity index (χ0) is 18.5. The number of nitrogens with zero attached hydrogens (tertiary/aromatic N) is 3. The Morgan fingerprint density at radius 1 is 1.04 bits per heavy atom. The van der Waals surface area contributed by atoms with Gasteiger partial charge in [0.25, 0.3) is 0 Å². The smallest absolute Gasteiger partial charge is 0.236 e. The van der Waals surface area contributed by atoms with E-state index < -0.39 is 0 Å². The summed E-state index contributed by atoms with van der Waals surface area (Å²) in [5.74, 6) is 2.48. The second-order valence-corrected chi connectivity index (χ2v) is 9.19. The number of thioether (sulfide) groups is 1. The van der Waals surface area contributed by atoms with Crippen LogP contribution in [0.1, 0.15) is 17.2 Å². The second kappa shape index (κ2) is 9.24. The van der Waals surface area contributed by atoms with Gasteiger partial charge in [-0.2, -0.15) is 23.1 Å². The van der Waals surface area contributed by atoms with Gasteiger partial charge in [0.2, 0.25) is 5.91 Å². The van der Waals surface area contributed by atoms with Crippen molar-refractivity contribution in [2.24, 2.45) is 0 Å². The molecule has 2 fully saturated rings. The van der Waals surface area contributed by atoms with Crippen LogP contribution in [0.3, 0.4) is 0 Å². The summed E-state index contributed by atoms with van der Waals surface area (Å²) in [5, 5.41) is 4.35. The summed E-state index contributed by atoms with van der Waals surface area (Å²) in [5.41, 5.74) is 2.72. The van der Waals surface area contributed by atoms with E-state index in [2.05, 4.69) is 61.9 Å². The molecule has 27 heavy (non-hydrogen) atoms. The molecule has 6 heteroatoms. The van der Waals surface area contributed by atoms with Crippen molar-refractivity contribution in [3.8, 4) is 0 Å². The highest BCUT2D eigenvalue weighted by molar-refractivity contribution is 7.99. The van der Waals surface area contributed by atoms with Crippen LogP contribution < -0.4 is 0 Å². The third-order valence-corrected chi connectivity index (χ3v) is 7.23. The van der Waals surface area contributed by atoms with Crippen molar-refractivity contribution in [2.75, 3.05) is 50.8 Å². The van der Waals surface area contributed by atoms with Crippen LogP contribution in [0.4, 0.5) is 0 Å². The summed E-state index contributed by atoms with van der Waals surface area (Å²) in [4.78, 5) is 19.8. The fraction of sp³-hybridized carbons (Fsp3) is 0.476. The number of amides is 1. The average molecular weight is 402 g/mol. The monoisotopic (exact) mass is 401 g/mol. The van der Waals surface area contributed by atoms with Gasteiger partial charge in [-0.1, -0.05) is 30.3 Å². The number of hydrogen-bond acceptors (Lipinski definition) is 5. The van der Waals surface area contributed by atoms with Gasteiger partial charge in [-0.3, -0.25) is 14.6 Å². The zero-order valence-electron chi connectivity index (χ0n) is 15.6. The van der Waals surface area contributed by atoms with Gasteiger partial charge < -0.3 is 4.90 Å². The summed E-state index contributed by atoms with van der Waals surface area (Å²) in [6.45, 7) is 6.19. The molecule has 1 aromatic heterocycles. The van der Waals surface area contributed by atoms with Crippen molar-refractivity contribution in [3.05, 3.63) is 58.3 Å². The lowest BCUT2D eigenvalue weighted by atomic mass is 10.1. The molecule has 0 bridgehead atoms. The van der Waals surface area contributed by atoms with E-state index in [4.69, 9.17) is 0 Å². The highest BCUT2D eigenvalue weighted by Gasteiger charge is 2.28. The molecule has 4 nitrogen and oxygen atoms in total. The van der Waals surface area contributed by atoms with Gasteiger partial charge in [-0.15, -0.1) is 0 Å². The molecule has 3 heterocycles. The summed E-state index contributed by atoms with van der Waals surface area (Å²) >= 11 is 3.75. The van der Waals surface area contributed by atoms with Gasteiger partial charge in [0.15, 0.2) is 0 Å². The molecule has 2 saturated heterocycles. The fourth-order valence-corrected chi connectivity index (χ4v) is 5.70. The number of piperazine rings is 1. The quantitative estimate of drug-likeness (QED) is 0.769. The molecule has 2 aliphatic heterocycles. The van der Waals surface area contributed by atoms with E-state index in [1.54, 1.807) is 11.3 Å². The van der Waals surface area contributed by atoms with E-state index in [0.29, 0.717) is 12.6 Å². The van der Waals surface area contributed by atoms with E-state index >= 15 is 0 Å². The minimum Gasteiger partial charge on any atom is -0.339 e. The number of benzene rings is 1. The first kappa shape index (κ1) is 19.0. The molecule has 0 saturated carbocycles. The summed E-state index contributed by atoms with van der Waals surface area (Å²) in [7, 11) is 0. The van der Waals surface area contributed by atoms with E-state index in [9.17, 15) is 4.79 Å². The van der Waals surface area contributed by atoms with Crippen LogP contribution in [0.5, 0.6) is 0 Å². The first-order valence-electron chi connectivity index (χ1n) is 9.67. The molecule has 0 N–H and O–H groups in total. The molecule has 1 amide bonds. The van der Waals surface area contributed by atoms with Crippen LogP contribution >= 0.6 is 23.1 Å². The average Bonchev–Trinajstić information content (AvgIpc) is 3.23. The SMILES string of the molecule is O=C(CN1CCSCC1c1ccccc1)N1CCN(Cc2ccsc2)CC1. The van der Waals surface area contributed by atoms with Crippen molar-refractivity contribution < 1.29 is 4.79 Å². The largest absolute Gasteiger partial charge is 0.339 e. The van der Waals surface area contributed by atoms with E-state index in [1.807, 2.05) is 11.8 Å². The lowest BCUT2D eigenvalue weighted by Crippen LogP contribution is -2.52. The lowest BCUT2D eigenvalue weighted by Gasteiger charge is -2.39. The number of rotatable bonds is 5. The Morgan fingerprint density at radius 2 is 1.85 bits per heavy atom. The van der Waals surface area contributed by atoms with Crippen molar-refractivity contribution >= 4 is 29.0 Å². The molecular formula is C21H27N3OS2. The minimum absolute atomic E-state index is 0.290. The zero-order valence-corrected chi connectivity index (χ0v) is 17.3. The molecule has 0 spiro atoms. The molecule has 144 valence electrons. The van der Waals surface area contributed by atoms with E-state index in [1.165, 1.54) is 11.1 Å². The van der Waals surface area contributed by atoms with E-state index in [0.717, 1.165) is 50.8 Å². The predicted molar refractivity (Wildman–Crippen MR) is 114 cm³/mol. The van der Waals surface area contributed by atoms with Crippen molar-refractivity contribution in [1.82, 2.24) is 14.7 Å². The van der Waals surface area contributed by atoms with Gasteiger partial charge in [0.05, 0.1) is 6.54 Å². The number of hydrogen-bond donors (Lipinski definition) is 0. The Bertz CT molecular complexity index is 714. The molecule has 2 aliphatic rings. The number of carbonyl (C=O) groups is 1. The third kappa shape index (κ3) is 4.93. The van der Waals surface area contributed by atoms with Crippen LogP contribution in [0.15, 0.2) is 47.2 Å². The Kier molecular flexibility index (Phi) is 6.50. The Labute approximate surface area is 170 Å². The highest BCUT2D eigenvalue weighted by atomic mass is 32.2. The summed E-state index contributed by atoms with van der Waals surface area (Å²) in [6, 6.07) is 13.2. The van der Waals surface area contributed by atoms with E-state index in [-0.39, 0.29) is 5.91 Å². The molecule has 1 aromatic carbocycles. The standard InChI is InChI=1S/C21H27N3OS2/c25-21(23-9-7-22(8-10-23)14-18-6-12-26-16-18)15-24-11-13-27-17-20(24)19-4-2-1-3-5-19/h1-6,12,16,20H,7-11,13-15,17H2. The Hall–Kier alpha value is -1.34. The number of carbonyl (C=O) groups excluding carboxylic acids is 1. The Balaban J connectivity index is 1.30. The molecule has 2 aromatic rings. The first-order chi connectivity index (χ1) is 13.3. The van der Waals surface area contributed by atoms with Gasteiger partial charge in [-0.25, -0.2) is 0 Å².